The van der Waals surface area contributed by atoms with Crippen LogP contribution in [0.4, 0.5) is 0 Å². The van der Waals surface area contributed by atoms with E-state index in [1.165, 1.54) is 6.26 Å². The Balaban J connectivity index is 1.79. The third-order valence-corrected chi connectivity index (χ3v) is 2.68. The van der Waals surface area contributed by atoms with E-state index in [-0.39, 0.29) is 17.5 Å². The maximum Gasteiger partial charge on any atom is 0.374 e. The zero-order chi connectivity index (χ0) is 11.6. The van der Waals surface area contributed by atoms with Gasteiger partial charge >= 0.3 is 5.97 Å². The SMILES string of the molecule is CC1(C)CC[C@H](COC(=O)c2ccco2)O1. The summed E-state index contributed by atoms with van der Waals surface area (Å²) in [6, 6.07) is 3.24. The molecule has 1 aliphatic heterocycles. The highest BCUT2D eigenvalue weighted by molar-refractivity contribution is 5.86. The molecule has 0 bridgehead atoms. The van der Waals surface area contributed by atoms with Crippen molar-refractivity contribution in [1.82, 2.24) is 0 Å². The van der Waals surface area contributed by atoms with Crippen molar-refractivity contribution in [3.63, 3.8) is 0 Å². The van der Waals surface area contributed by atoms with Crippen molar-refractivity contribution in [3.8, 4) is 0 Å². The Labute approximate surface area is 94.5 Å². The number of ether oxygens (including phenoxy) is 2. The third kappa shape index (κ3) is 2.64. The molecule has 0 saturated carbocycles. The first-order chi connectivity index (χ1) is 7.57. The molecule has 1 aromatic rings. The molecule has 2 rings (SSSR count). The second kappa shape index (κ2) is 4.29. The minimum Gasteiger partial charge on any atom is -0.457 e. The summed E-state index contributed by atoms with van der Waals surface area (Å²) in [5.74, 6) is -0.199. The summed E-state index contributed by atoms with van der Waals surface area (Å²) in [7, 11) is 0. The predicted molar refractivity (Wildman–Crippen MR) is 57.2 cm³/mol. The van der Waals surface area contributed by atoms with Gasteiger partial charge in [0.25, 0.3) is 0 Å². The zero-order valence-electron chi connectivity index (χ0n) is 9.56. The van der Waals surface area contributed by atoms with E-state index in [0.29, 0.717) is 6.61 Å². The minimum absolute atomic E-state index is 0.00825. The average molecular weight is 224 g/mol. The fourth-order valence-corrected chi connectivity index (χ4v) is 1.83. The highest BCUT2D eigenvalue weighted by Gasteiger charge is 2.32. The van der Waals surface area contributed by atoms with Gasteiger partial charge in [0.15, 0.2) is 0 Å². The van der Waals surface area contributed by atoms with Crippen molar-refractivity contribution >= 4 is 5.97 Å². The fraction of sp³-hybridized carbons (Fsp3) is 0.583. The van der Waals surface area contributed by atoms with Gasteiger partial charge in [0.05, 0.1) is 18.0 Å². The first-order valence-corrected chi connectivity index (χ1v) is 5.45. The van der Waals surface area contributed by atoms with Gasteiger partial charge < -0.3 is 13.9 Å². The van der Waals surface area contributed by atoms with E-state index in [0.717, 1.165) is 12.8 Å². The van der Waals surface area contributed by atoms with E-state index in [1.807, 2.05) is 13.8 Å². The molecule has 0 radical (unpaired) electrons. The minimum atomic E-state index is -0.432. The molecule has 4 nitrogen and oxygen atoms in total. The van der Waals surface area contributed by atoms with Crippen molar-refractivity contribution in [3.05, 3.63) is 24.2 Å². The van der Waals surface area contributed by atoms with Crippen LogP contribution in [0.25, 0.3) is 0 Å². The van der Waals surface area contributed by atoms with Gasteiger partial charge in [-0.15, -0.1) is 0 Å². The molecule has 1 aromatic heterocycles. The van der Waals surface area contributed by atoms with E-state index in [2.05, 4.69) is 0 Å². The first-order valence-electron chi connectivity index (χ1n) is 5.45. The van der Waals surface area contributed by atoms with Crippen molar-refractivity contribution < 1.29 is 18.7 Å². The van der Waals surface area contributed by atoms with Crippen molar-refractivity contribution in [1.29, 1.82) is 0 Å². The summed E-state index contributed by atoms with van der Waals surface area (Å²) >= 11 is 0. The molecule has 1 saturated heterocycles. The molecule has 1 aliphatic rings. The van der Waals surface area contributed by atoms with Crippen LogP contribution < -0.4 is 0 Å². The van der Waals surface area contributed by atoms with Gasteiger partial charge in [0, 0.05) is 0 Å². The molecule has 16 heavy (non-hydrogen) atoms. The summed E-state index contributed by atoms with van der Waals surface area (Å²) in [6.07, 6.45) is 3.38. The standard InChI is InChI=1S/C12H16O4/c1-12(2)6-5-9(16-12)8-15-11(13)10-4-3-7-14-10/h3-4,7,9H,5-6,8H2,1-2H3/t9-/m1/s1. The molecule has 0 unspecified atom stereocenters. The lowest BCUT2D eigenvalue weighted by Crippen LogP contribution is -2.24. The quantitative estimate of drug-likeness (QED) is 0.740. The predicted octanol–water partition coefficient (Wildman–Crippen LogP) is 2.39. The van der Waals surface area contributed by atoms with E-state index >= 15 is 0 Å². The lowest BCUT2D eigenvalue weighted by molar-refractivity contribution is -0.0451. The Morgan fingerprint density at radius 1 is 1.62 bits per heavy atom. The van der Waals surface area contributed by atoms with Gasteiger partial charge in [0.2, 0.25) is 5.76 Å². The lowest BCUT2D eigenvalue weighted by Gasteiger charge is -2.18. The molecule has 4 heteroatoms. The summed E-state index contributed by atoms with van der Waals surface area (Å²) in [6.45, 7) is 4.38. The molecule has 0 N–H and O–H groups in total. The summed E-state index contributed by atoms with van der Waals surface area (Å²) in [4.78, 5) is 11.5. The smallest absolute Gasteiger partial charge is 0.374 e. The number of hydrogen-bond donors (Lipinski definition) is 0. The molecule has 88 valence electrons. The van der Waals surface area contributed by atoms with Crippen molar-refractivity contribution in [2.24, 2.45) is 0 Å². The Morgan fingerprint density at radius 3 is 3.00 bits per heavy atom. The van der Waals surface area contributed by atoms with E-state index < -0.39 is 5.97 Å². The Hall–Kier alpha value is -1.29. The van der Waals surface area contributed by atoms with Gasteiger partial charge in [-0.25, -0.2) is 4.79 Å². The summed E-state index contributed by atoms with van der Waals surface area (Å²) in [5.41, 5.74) is -0.0955. The zero-order valence-corrected chi connectivity index (χ0v) is 9.56. The maximum absolute atomic E-state index is 11.5. The van der Waals surface area contributed by atoms with Crippen LogP contribution in [0.3, 0.4) is 0 Å². The molecule has 2 heterocycles. The fourth-order valence-electron chi connectivity index (χ4n) is 1.83. The average Bonchev–Trinajstić information content (AvgIpc) is 2.83. The summed E-state index contributed by atoms with van der Waals surface area (Å²) in [5, 5.41) is 0. The molecule has 1 fully saturated rings. The van der Waals surface area contributed by atoms with E-state index in [4.69, 9.17) is 13.9 Å². The summed E-state index contributed by atoms with van der Waals surface area (Å²) < 4.78 is 15.8. The van der Waals surface area contributed by atoms with Gasteiger partial charge in [-0.05, 0) is 38.8 Å². The van der Waals surface area contributed by atoms with Crippen LogP contribution in [0.2, 0.25) is 0 Å². The number of carbonyl (C=O) groups is 1. The number of rotatable bonds is 3. The van der Waals surface area contributed by atoms with Gasteiger partial charge in [0.1, 0.15) is 6.61 Å². The third-order valence-electron chi connectivity index (χ3n) is 2.68. The highest BCUT2D eigenvalue weighted by Crippen LogP contribution is 2.29. The Kier molecular flexibility index (Phi) is 3.01. The van der Waals surface area contributed by atoms with E-state index in [9.17, 15) is 4.79 Å². The van der Waals surface area contributed by atoms with Crippen LogP contribution in [0.5, 0.6) is 0 Å². The molecular weight excluding hydrogens is 208 g/mol. The van der Waals surface area contributed by atoms with E-state index in [1.54, 1.807) is 12.1 Å². The normalized spacial score (nSPS) is 23.2. The Bertz CT molecular complexity index is 353. The number of furan rings is 1. The number of hydrogen-bond acceptors (Lipinski definition) is 4. The van der Waals surface area contributed by atoms with Crippen LogP contribution in [-0.2, 0) is 9.47 Å². The van der Waals surface area contributed by atoms with Gasteiger partial charge in [-0.1, -0.05) is 0 Å². The van der Waals surface area contributed by atoms with Crippen LogP contribution in [-0.4, -0.2) is 24.3 Å². The molecule has 0 spiro atoms. The number of carbonyl (C=O) groups excluding carboxylic acids is 1. The Morgan fingerprint density at radius 2 is 2.44 bits per heavy atom. The second-order valence-corrected chi connectivity index (χ2v) is 4.61. The van der Waals surface area contributed by atoms with Gasteiger partial charge in [-0.2, -0.15) is 0 Å². The molecule has 0 aromatic carbocycles. The van der Waals surface area contributed by atoms with Crippen molar-refractivity contribution in [2.75, 3.05) is 6.61 Å². The first kappa shape index (κ1) is 11.2. The second-order valence-electron chi connectivity index (χ2n) is 4.61. The molecule has 1 atom stereocenters. The van der Waals surface area contributed by atoms with Crippen LogP contribution in [0.15, 0.2) is 22.8 Å². The van der Waals surface area contributed by atoms with Crippen LogP contribution >= 0.6 is 0 Å². The van der Waals surface area contributed by atoms with Gasteiger partial charge in [-0.3, -0.25) is 0 Å². The highest BCUT2D eigenvalue weighted by atomic mass is 16.6. The largest absolute Gasteiger partial charge is 0.457 e. The monoisotopic (exact) mass is 224 g/mol. The van der Waals surface area contributed by atoms with Crippen LogP contribution in [0.1, 0.15) is 37.2 Å². The topological polar surface area (TPSA) is 48.7 Å². The van der Waals surface area contributed by atoms with Crippen molar-refractivity contribution in [2.45, 2.75) is 38.4 Å². The molecule has 0 amide bonds. The van der Waals surface area contributed by atoms with Crippen LogP contribution in [0, 0.1) is 0 Å². The molecular formula is C12H16O4. The number of esters is 1. The maximum atomic E-state index is 11.5. The molecule has 0 aliphatic carbocycles. The lowest BCUT2D eigenvalue weighted by atomic mass is 10.1.